The molecular weight excluding hydrogens is 355 g/mol. The molecule has 0 bridgehead atoms. The van der Waals surface area contributed by atoms with Crippen molar-refractivity contribution in [3.63, 3.8) is 0 Å². The highest BCUT2D eigenvalue weighted by Crippen LogP contribution is 2.58. The summed E-state index contributed by atoms with van der Waals surface area (Å²) < 4.78 is 31.0. The van der Waals surface area contributed by atoms with E-state index in [1.165, 1.54) is 0 Å². The second-order valence-electron chi connectivity index (χ2n) is 6.04. The molecule has 3 rings (SSSR count). The first-order valence-corrected chi connectivity index (χ1v) is 10.3. The molecule has 2 unspecified atom stereocenters. The van der Waals surface area contributed by atoms with Crippen molar-refractivity contribution in [2.45, 2.75) is 32.0 Å². The fourth-order valence-corrected chi connectivity index (χ4v) is 5.12. The second-order valence-corrected chi connectivity index (χ2v) is 8.26. The van der Waals surface area contributed by atoms with Gasteiger partial charge in [-0.05, 0) is 19.4 Å². The van der Waals surface area contributed by atoms with Gasteiger partial charge >= 0.3 is 13.6 Å². The maximum Gasteiger partial charge on any atom is 0.345 e. The number of hydrogen-bond donors (Lipinski definition) is 0. The van der Waals surface area contributed by atoms with E-state index in [2.05, 4.69) is 5.10 Å². The number of carbonyl (C=O) groups excluding carboxylic acids is 1. The van der Waals surface area contributed by atoms with Crippen LogP contribution >= 0.6 is 7.60 Å². The predicted molar refractivity (Wildman–Crippen MR) is 96.7 cm³/mol. The van der Waals surface area contributed by atoms with E-state index >= 15 is 0 Å². The number of ether oxygens (including phenoxy) is 1. The van der Waals surface area contributed by atoms with Crippen molar-refractivity contribution in [3.8, 4) is 11.1 Å². The first-order chi connectivity index (χ1) is 12.5. The third-order valence-corrected chi connectivity index (χ3v) is 6.71. The van der Waals surface area contributed by atoms with Crippen LogP contribution in [0.25, 0.3) is 11.1 Å². The molecule has 0 aliphatic carbocycles. The summed E-state index contributed by atoms with van der Waals surface area (Å²) >= 11 is 0. The summed E-state index contributed by atoms with van der Waals surface area (Å²) in [5.41, 5.74) is 1.81. The van der Waals surface area contributed by atoms with Gasteiger partial charge in [0.2, 0.25) is 0 Å². The first-order valence-electron chi connectivity index (χ1n) is 8.65. The van der Waals surface area contributed by atoms with Gasteiger partial charge in [0, 0.05) is 30.8 Å². The lowest BCUT2D eigenvalue weighted by atomic mass is 9.97. The van der Waals surface area contributed by atoms with Crippen LogP contribution in [-0.2, 0) is 30.2 Å². The zero-order valence-corrected chi connectivity index (χ0v) is 16.0. The molecule has 0 amide bonds. The van der Waals surface area contributed by atoms with Crippen molar-refractivity contribution in [3.05, 3.63) is 42.2 Å². The maximum absolute atomic E-state index is 13.0. The minimum absolute atomic E-state index is 0.206. The normalized spacial score (nSPS) is 20.3. The third kappa shape index (κ3) is 3.61. The molecule has 0 spiro atoms. The molecule has 8 heteroatoms. The van der Waals surface area contributed by atoms with Crippen LogP contribution in [0.5, 0.6) is 0 Å². The summed E-state index contributed by atoms with van der Waals surface area (Å²) in [6.07, 6.45) is 3.42. The van der Waals surface area contributed by atoms with Crippen LogP contribution in [0.2, 0.25) is 0 Å². The van der Waals surface area contributed by atoms with E-state index in [0.717, 1.165) is 16.7 Å². The number of benzene rings is 1. The number of aryl methyl sites for hydroxylation is 1. The van der Waals surface area contributed by atoms with Gasteiger partial charge in [0.25, 0.3) is 0 Å². The van der Waals surface area contributed by atoms with Crippen molar-refractivity contribution >= 4 is 13.6 Å². The summed E-state index contributed by atoms with van der Waals surface area (Å²) in [6.45, 7) is 3.86. The van der Waals surface area contributed by atoms with Gasteiger partial charge in [-0.3, -0.25) is 14.0 Å². The number of nitrogens with zero attached hydrogens (tertiary/aromatic N) is 2. The summed E-state index contributed by atoms with van der Waals surface area (Å²) in [5, 5.41) is 4.20. The number of esters is 1. The van der Waals surface area contributed by atoms with Crippen LogP contribution in [0.15, 0.2) is 36.7 Å². The van der Waals surface area contributed by atoms with E-state index in [-0.39, 0.29) is 19.6 Å². The Balaban J connectivity index is 1.91. The van der Waals surface area contributed by atoms with E-state index in [1.54, 1.807) is 24.7 Å². The van der Waals surface area contributed by atoms with Crippen LogP contribution in [0.3, 0.4) is 0 Å². The van der Waals surface area contributed by atoms with Crippen LogP contribution in [0.4, 0.5) is 0 Å². The molecule has 2 heterocycles. The molecule has 1 aromatic carbocycles. The molecule has 140 valence electrons. The van der Waals surface area contributed by atoms with E-state index in [0.29, 0.717) is 0 Å². The highest BCUT2D eigenvalue weighted by molar-refractivity contribution is 7.55. The molecule has 0 saturated carbocycles. The number of hydrogen-bond acceptors (Lipinski definition) is 6. The van der Waals surface area contributed by atoms with Gasteiger partial charge in [-0.2, -0.15) is 5.10 Å². The number of aromatic nitrogens is 2. The first kappa shape index (κ1) is 18.8. The molecule has 2 aromatic rings. The molecule has 1 aliphatic rings. The molecular formula is C18H23N2O5P. The van der Waals surface area contributed by atoms with Gasteiger partial charge in [0.1, 0.15) is 6.10 Å². The highest BCUT2D eigenvalue weighted by atomic mass is 31.2. The molecule has 2 atom stereocenters. The van der Waals surface area contributed by atoms with Gasteiger partial charge in [-0.1, -0.05) is 24.3 Å². The molecule has 1 aliphatic heterocycles. The van der Waals surface area contributed by atoms with Crippen LogP contribution in [-0.4, -0.2) is 34.6 Å². The summed E-state index contributed by atoms with van der Waals surface area (Å²) in [5.74, 6) is -0.541. The largest absolute Gasteiger partial charge is 0.457 e. The Hall–Kier alpha value is -1.95. The average molecular weight is 378 g/mol. The SMILES string of the molecule is CCOP(=O)(OCC)C1CC(c2ccccc2-c2cnn(C)c2)OC1=O. The van der Waals surface area contributed by atoms with Crippen molar-refractivity contribution in [1.29, 1.82) is 0 Å². The molecule has 1 aromatic heterocycles. The van der Waals surface area contributed by atoms with Crippen LogP contribution in [0, 0.1) is 0 Å². The van der Waals surface area contributed by atoms with E-state index in [1.807, 2.05) is 37.5 Å². The summed E-state index contributed by atoms with van der Waals surface area (Å²) in [7, 11) is -1.71. The topological polar surface area (TPSA) is 79.7 Å². The lowest BCUT2D eigenvalue weighted by Gasteiger charge is -2.20. The lowest BCUT2D eigenvalue weighted by Crippen LogP contribution is -2.18. The highest BCUT2D eigenvalue weighted by Gasteiger charge is 2.49. The van der Waals surface area contributed by atoms with Gasteiger partial charge < -0.3 is 13.8 Å². The van der Waals surface area contributed by atoms with Gasteiger partial charge in [0.05, 0.1) is 19.4 Å². The van der Waals surface area contributed by atoms with Crippen LogP contribution in [0.1, 0.15) is 31.9 Å². The lowest BCUT2D eigenvalue weighted by molar-refractivity contribution is -0.141. The Morgan fingerprint density at radius 2 is 1.96 bits per heavy atom. The molecule has 1 saturated heterocycles. The fraction of sp³-hybridized carbons (Fsp3) is 0.444. The Morgan fingerprint density at radius 3 is 2.58 bits per heavy atom. The summed E-state index contributed by atoms with van der Waals surface area (Å²) in [6, 6.07) is 7.68. The van der Waals surface area contributed by atoms with Crippen molar-refractivity contribution in [1.82, 2.24) is 9.78 Å². The number of rotatable bonds is 7. The van der Waals surface area contributed by atoms with E-state index in [9.17, 15) is 9.36 Å². The quantitative estimate of drug-likeness (QED) is 0.540. The Labute approximate surface area is 152 Å². The standard InChI is InChI=1S/C18H23N2O5P/c1-4-23-26(22,24-5-2)17-10-16(25-18(17)21)15-9-7-6-8-14(15)13-11-19-20(3)12-13/h6-9,11-12,16-17H,4-5,10H2,1-3H3. The summed E-state index contributed by atoms with van der Waals surface area (Å²) in [4.78, 5) is 12.4. The Bertz CT molecular complexity index is 824. The van der Waals surface area contributed by atoms with Crippen molar-refractivity contribution in [2.75, 3.05) is 13.2 Å². The maximum atomic E-state index is 13.0. The third-order valence-electron chi connectivity index (χ3n) is 4.29. The molecule has 1 fully saturated rings. The number of cyclic esters (lactones) is 1. The minimum atomic E-state index is -3.55. The Kier molecular flexibility index (Phi) is 5.61. The zero-order valence-electron chi connectivity index (χ0n) is 15.1. The minimum Gasteiger partial charge on any atom is -0.457 e. The smallest absolute Gasteiger partial charge is 0.345 e. The van der Waals surface area contributed by atoms with E-state index in [4.69, 9.17) is 13.8 Å². The fourth-order valence-electron chi connectivity index (χ4n) is 3.19. The monoisotopic (exact) mass is 378 g/mol. The number of carbonyl (C=O) groups is 1. The molecule has 0 radical (unpaired) electrons. The predicted octanol–water partition coefficient (Wildman–Crippen LogP) is 3.71. The molecule has 26 heavy (non-hydrogen) atoms. The second kappa shape index (κ2) is 7.74. The van der Waals surface area contributed by atoms with E-state index < -0.39 is 25.3 Å². The average Bonchev–Trinajstić information content (AvgIpc) is 3.21. The van der Waals surface area contributed by atoms with Gasteiger partial charge in [-0.15, -0.1) is 0 Å². The van der Waals surface area contributed by atoms with Crippen LogP contribution < -0.4 is 0 Å². The van der Waals surface area contributed by atoms with Gasteiger partial charge in [0.15, 0.2) is 5.66 Å². The Morgan fingerprint density at radius 1 is 1.27 bits per heavy atom. The van der Waals surface area contributed by atoms with Crippen molar-refractivity contribution < 1.29 is 23.1 Å². The zero-order chi connectivity index (χ0) is 18.7. The van der Waals surface area contributed by atoms with Gasteiger partial charge in [-0.25, -0.2) is 0 Å². The van der Waals surface area contributed by atoms with Crippen molar-refractivity contribution in [2.24, 2.45) is 7.05 Å². The molecule has 7 nitrogen and oxygen atoms in total. The molecule has 0 N–H and O–H groups in total.